The number of allylic oxidation sites excluding steroid dienone is 2. The highest BCUT2D eigenvalue weighted by atomic mass is 16.4. The molecule has 0 aromatic carbocycles. The van der Waals surface area contributed by atoms with Gasteiger partial charge in [0.15, 0.2) is 6.54 Å². The fraction of sp³-hybridized carbons (Fsp3) is 0.786. The van der Waals surface area contributed by atoms with Crippen LogP contribution in [0.15, 0.2) is 29.5 Å². The Morgan fingerprint density at radius 2 is 1.39 bits per heavy atom. The molecule has 1 aliphatic heterocycles. The first-order valence-corrected chi connectivity index (χ1v) is 13.8. The average Bonchev–Trinajstić information content (AvgIpc) is 3.16. The molecule has 1 rings (SSSR count). The summed E-state index contributed by atoms with van der Waals surface area (Å²) in [6, 6.07) is 0. The molecule has 0 bridgehead atoms. The number of nitrogens with two attached hydrogens (primary N) is 1. The molecular formula is C28H52N3O2+. The van der Waals surface area contributed by atoms with Crippen LogP contribution in [0.25, 0.3) is 0 Å². The molecule has 1 heterocycles. The number of carboxylic acids is 1. The maximum atomic E-state index is 11.3. The molecule has 0 saturated heterocycles. The Labute approximate surface area is 203 Å². The minimum Gasteiger partial charge on any atom is -0.477 e. The Morgan fingerprint density at radius 1 is 0.879 bits per heavy atom. The minimum atomic E-state index is -0.798. The number of hydrogen-bond donors (Lipinski definition) is 2. The largest absolute Gasteiger partial charge is 0.477 e. The average molecular weight is 463 g/mol. The van der Waals surface area contributed by atoms with Gasteiger partial charge in [0.1, 0.15) is 12.7 Å². The van der Waals surface area contributed by atoms with Crippen LogP contribution in [0.3, 0.4) is 0 Å². The zero-order valence-electron chi connectivity index (χ0n) is 21.5. The van der Waals surface area contributed by atoms with Crippen molar-refractivity contribution in [1.82, 2.24) is 0 Å². The Morgan fingerprint density at radius 3 is 1.91 bits per heavy atom. The van der Waals surface area contributed by atoms with Crippen LogP contribution in [0.4, 0.5) is 0 Å². The van der Waals surface area contributed by atoms with Crippen molar-refractivity contribution < 1.29 is 14.4 Å². The van der Waals surface area contributed by atoms with Crippen molar-refractivity contribution in [3.8, 4) is 0 Å². The first kappa shape index (κ1) is 29.6. The zero-order chi connectivity index (χ0) is 24.0. The summed E-state index contributed by atoms with van der Waals surface area (Å²) >= 11 is 0. The number of unbranched alkanes of at least 4 members (excludes halogenated alkanes) is 15. The van der Waals surface area contributed by atoms with Gasteiger partial charge in [-0.05, 0) is 25.7 Å². The molecule has 0 fully saturated rings. The van der Waals surface area contributed by atoms with Gasteiger partial charge in [0.2, 0.25) is 5.84 Å². The number of nitrogens with zero attached hydrogens (tertiary/aromatic N) is 2. The standard InChI is InChI=1S/C28H51N3O2/c1-2-3-4-5-6-7-8-9-10-11-12-13-14-15-16-17-18-19-20-21-27-30-23-25-31(27,24-22-29)26-28(32)33/h4-5,23,25H,2-3,6-22,24,26,29H2,1H3/p+1/b5-4+. The van der Waals surface area contributed by atoms with E-state index in [2.05, 4.69) is 24.1 Å². The summed E-state index contributed by atoms with van der Waals surface area (Å²) in [4.78, 5) is 15.7. The van der Waals surface area contributed by atoms with Gasteiger partial charge in [0, 0.05) is 13.0 Å². The topological polar surface area (TPSA) is 75.7 Å². The van der Waals surface area contributed by atoms with Crippen molar-refractivity contribution in [2.24, 2.45) is 10.7 Å². The summed E-state index contributed by atoms with van der Waals surface area (Å²) in [5.41, 5.74) is 5.73. The molecule has 0 radical (unpaired) electrons. The molecule has 0 amide bonds. The summed E-state index contributed by atoms with van der Waals surface area (Å²) in [7, 11) is 0. The van der Waals surface area contributed by atoms with E-state index in [1.54, 1.807) is 6.20 Å². The number of aliphatic carboxylic acids is 1. The van der Waals surface area contributed by atoms with Crippen LogP contribution in [-0.2, 0) is 4.79 Å². The second-order valence-electron chi connectivity index (χ2n) is 9.69. The van der Waals surface area contributed by atoms with Crippen LogP contribution >= 0.6 is 0 Å². The molecule has 0 aliphatic carbocycles. The third kappa shape index (κ3) is 14.4. The highest BCUT2D eigenvalue weighted by Gasteiger charge is 2.36. The van der Waals surface area contributed by atoms with E-state index in [1.165, 1.54) is 103 Å². The van der Waals surface area contributed by atoms with Crippen LogP contribution in [0.1, 0.15) is 122 Å². The van der Waals surface area contributed by atoms with Crippen LogP contribution in [0.5, 0.6) is 0 Å². The van der Waals surface area contributed by atoms with Crippen molar-refractivity contribution >= 4 is 11.8 Å². The van der Waals surface area contributed by atoms with Gasteiger partial charge in [-0.1, -0.05) is 103 Å². The Balaban J connectivity index is 1.90. The van der Waals surface area contributed by atoms with Gasteiger partial charge in [-0.25, -0.2) is 14.3 Å². The number of rotatable bonds is 23. The van der Waals surface area contributed by atoms with Crippen molar-refractivity contribution in [3.63, 3.8) is 0 Å². The highest BCUT2D eigenvalue weighted by molar-refractivity contribution is 5.81. The lowest BCUT2D eigenvalue weighted by molar-refractivity contribution is -0.778. The van der Waals surface area contributed by atoms with Crippen molar-refractivity contribution in [1.29, 1.82) is 0 Å². The zero-order valence-corrected chi connectivity index (χ0v) is 21.5. The van der Waals surface area contributed by atoms with Gasteiger partial charge in [0.05, 0.1) is 6.20 Å². The van der Waals surface area contributed by atoms with E-state index in [0.29, 0.717) is 17.6 Å². The van der Waals surface area contributed by atoms with Gasteiger partial charge in [-0.2, -0.15) is 0 Å². The number of amidine groups is 1. The molecule has 0 saturated carbocycles. The summed E-state index contributed by atoms with van der Waals surface area (Å²) in [6.45, 7) is 3.35. The maximum absolute atomic E-state index is 11.3. The molecule has 5 heteroatoms. The van der Waals surface area contributed by atoms with Crippen molar-refractivity contribution in [3.05, 3.63) is 24.6 Å². The molecule has 1 aliphatic rings. The molecule has 0 aromatic heterocycles. The van der Waals surface area contributed by atoms with Crippen molar-refractivity contribution in [2.45, 2.75) is 122 Å². The summed E-state index contributed by atoms with van der Waals surface area (Å²) in [5, 5.41) is 9.27. The predicted molar refractivity (Wildman–Crippen MR) is 141 cm³/mol. The van der Waals surface area contributed by atoms with Crippen LogP contribution in [-0.4, -0.2) is 41.0 Å². The number of carboxylic acid groups (broad SMARTS) is 1. The SMILES string of the molecule is CCC/C=C/CCCCCCCCCCCCCCCCC1=NC=C[N+]1(CCN)CC(=O)O. The fourth-order valence-electron chi connectivity index (χ4n) is 4.70. The number of carbonyl (C=O) groups is 1. The Hall–Kier alpha value is -1.46. The van der Waals surface area contributed by atoms with E-state index in [1.807, 2.05) is 6.20 Å². The lowest BCUT2D eigenvalue weighted by atomic mass is 10.0. The van der Waals surface area contributed by atoms with E-state index in [0.717, 1.165) is 18.7 Å². The second-order valence-corrected chi connectivity index (χ2v) is 9.69. The molecule has 0 spiro atoms. The summed E-state index contributed by atoms with van der Waals surface area (Å²) in [5.74, 6) is 0.167. The first-order valence-electron chi connectivity index (χ1n) is 13.8. The Bertz CT molecular complexity index is 586. The molecule has 190 valence electrons. The van der Waals surface area contributed by atoms with E-state index < -0.39 is 5.97 Å². The molecule has 1 unspecified atom stereocenters. The normalized spacial score (nSPS) is 17.8. The van der Waals surface area contributed by atoms with Crippen molar-refractivity contribution in [2.75, 3.05) is 19.6 Å². The third-order valence-corrected chi connectivity index (χ3v) is 6.68. The van der Waals surface area contributed by atoms with Gasteiger partial charge < -0.3 is 10.8 Å². The molecule has 0 aromatic rings. The molecule has 3 N–H and O–H groups in total. The minimum absolute atomic E-state index is 0.0449. The van der Waals surface area contributed by atoms with E-state index in [9.17, 15) is 9.90 Å². The number of hydrogen-bond acceptors (Lipinski definition) is 3. The van der Waals surface area contributed by atoms with Crippen LogP contribution in [0.2, 0.25) is 0 Å². The van der Waals surface area contributed by atoms with Gasteiger partial charge in [0.25, 0.3) is 0 Å². The lowest BCUT2D eigenvalue weighted by Gasteiger charge is -2.30. The fourth-order valence-corrected chi connectivity index (χ4v) is 4.70. The lowest BCUT2D eigenvalue weighted by Crippen LogP contribution is -2.52. The van der Waals surface area contributed by atoms with Gasteiger partial charge >= 0.3 is 5.97 Å². The maximum Gasteiger partial charge on any atom is 0.360 e. The third-order valence-electron chi connectivity index (χ3n) is 6.68. The first-order chi connectivity index (χ1) is 16.1. The second kappa shape index (κ2) is 20.0. The van der Waals surface area contributed by atoms with Crippen LogP contribution < -0.4 is 5.73 Å². The number of aliphatic imine (C=N–C) groups is 1. The molecular weight excluding hydrogens is 410 g/mol. The number of quaternary nitrogens is 1. The molecule has 1 atom stereocenters. The van der Waals surface area contributed by atoms with E-state index in [4.69, 9.17) is 5.73 Å². The smallest absolute Gasteiger partial charge is 0.360 e. The van der Waals surface area contributed by atoms with Crippen LogP contribution in [0, 0.1) is 0 Å². The van der Waals surface area contributed by atoms with E-state index in [-0.39, 0.29) is 6.54 Å². The highest BCUT2D eigenvalue weighted by Crippen LogP contribution is 2.21. The van der Waals surface area contributed by atoms with Gasteiger partial charge in [-0.15, -0.1) is 0 Å². The Kier molecular flexibility index (Phi) is 17.9. The predicted octanol–water partition coefficient (Wildman–Crippen LogP) is 7.33. The molecule has 33 heavy (non-hydrogen) atoms. The summed E-state index contributed by atoms with van der Waals surface area (Å²) < 4.78 is 0.308. The quantitative estimate of drug-likeness (QED) is 0.0948. The van der Waals surface area contributed by atoms with Gasteiger partial charge in [-0.3, -0.25) is 0 Å². The monoisotopic (exact) mass is 462 g/mol. The molecule has 5 nitrogen and oxygen atoms in total. The van der Waals surface area contributed by atoms with E-state index >= 15 is 0 Å². The summed E-state index contributed by atoms with van der Waals surface area (Å²) in [6.07, 6.45) is 31.8.